The molecule has 0 aromatic heterocycles. The van der Waals surface area contributed by atoms with E-state index in [4.69, 9.17) is 10.00 Å². The van der Waals surface area contributed by atoms with Crippen molar-refractivity contribution in [3.05, 3.63) is 71.8 Å². The van der Waals surface area contributed by atoms with Crippen molar-refractivity contribution >= 4 is 11.5 Å². The van der Waals surface area contributed by atoms with E-state index in [0.29, 0.717) is 16.9 Å². The Morgan fingerprint density at radius 1 is 1.05 bits per heavy atom. The number of nitrogens with zero attached hydrogens (tertiary/aromatic N) is 1. The van der Waals surface area contributed by atoms with Crippen LogP contribution in [0.4, 0.5) is 0 Å². The molecule has 0 aliphatic heterocycles. The quantitative estimate of drug-likeness (QED) is 0.480. The number of ether oxygens (including phenoxy) is 1. The minimum absolute atomic E-state index is 0.398. The molecule has 0 saturated carbocycles. The molecule has 2 aromatic rings. The van der Waals surface area contributed by atoms with Gasteiger partial charge in [0.1, 0.15) is 5.75 Å². The van der Waals surface area contributed by atoms with Gasteiger partial charge in [-0.25, -0.2) is 4.79 Å². The van der Waals surface area contributed by atoms with Gasteiger partial charge in [-0.2, -0.15) is 5.26 Å². The fourth-order valence-electron chi connectivity index (χ4n) is 1.74. The fraction of sp³-hybridized carbons (Fsp3) is 0.0588. The summed E-state index contributed by atoms with van der Waals surface area (Å²) >= 11 is 0. The third kappa shape index (κ3) is 3.12. The molecule has 20 heavy (non-hydrogen) atoms. The molecule has 0 radical (unpaired) electrons. The van der Waals surface area contributed by atoms with Crippen molar-refractivity contribution in [2.45, 2.75) is 6.92 Å². The minimum atomic E-state index is -0.398. The molecule has 2 aromatic carbocycles. The molecule has 0 atom stereocenters. The molecule has 0 N–H and O–H groups in total. The zero-order valence-corrected chi connectivity index (χ0v) is 11.0. The molecule has 0 amide bonds. The van der Waals surface area contributed by atoms with Gasteiger partial charge in [0, 0.05) is 0 Å². The lowest BCUT2D eigenvalue weighted by molar-refractivity contribution is 0.0735. The number of hydrogen-bond acceptors (Lipinski definition) is 3. The Bertz CT molecular complexity index is 664. The molecular formula is C17H13NO2. The number of rotatable bonds is 3. The highest BCUT2D eigenvalue weighted by atomic mass is 16.5. The van der Waals surface area contributed by atoms with Crippen LogP contribution in [0.1, 0.15) is 22.8 Å². The van der Waals surface area contributed by atoms with Crippen LogP contribution in [0.25, 0.3) is 5.57 Å². The second kappa shape index (κ2) is 6.35. The van der Waals surface area contributed by atoms with E-state index in [1.54, 1.807) is 54.6 Å². The molecule has 2 rings (SSSR count). The second-order valence-corrected chi connectivity index (χ2v) is 4.09. The van der Waals surface area contributed by atoms with Crippen LogP contribution in [-0.2, 0) is 0 Å². The van der Waals surface area contributed by atoms with Crippen LogP contribution in [0.5, 0.6) is 5.75 Å². The number of benzene rings is 2. The second-order valence-electron chi connectivity index (χ2n) is 4.09. The minimum Gasteiger partial charge on any atom is -0.423 e. The summed E-state index contributed by atoms with van der Waals surface area (Å²) in [6.07, 6.45) is 1.74. The zero-order chi connectivity index (χ0) is 14.4. The van der Waals surface area contributed by atoms with E-state index in [-0.39, 0.29) is 0 Å². The van der Waals surface area contributed by atoms with Crippen LogP contribution < -0.4 is 4.74 Å². The molecule has 0 aliphatic rings. The normalized spacial score (nSPS) is 10.7. The maximum absolute atomic E-state index is 11.9. The van der Waals surface area contributed by atoms with Gasteiger partial charge in [-0.05, 0) is 48.9 Å². The fourth-order valence-corrected chi connectivity index (χ4v) is 1.74. The molecular weight excluding hydrogens is 250 g/mol. The Balaban J connectivity index is 2.12. The number of esters is 1. The third-order valence-corrected chi connectivity index (χ3v) is 2.79. The molecule has 0 bridgehead atoms. The summed E-state index contributed by atoms with van der Waals surface area (Å²) in [5.41, 5.74) is 1.89. The number of carbonyl (C=O) groups is 1. The van der Waals surface area contributed by atoms with Gasteiger partial charge in [0.2, 0.25) is 0 Å². The molecule has 0 aliphatic carbocycles. The van der Waals surface area contributed by atoms with Gasteiger partial charge in [0.05, 0.1) is 17.2 Å². The van der Waals surface area contributed by atoms with Gasteiger partial charge in [0.15, 0.2) is 0 Å². The highest BCUT2D eigenvalue weighted by Crippen LogP contribution is 2.19. The maximum atomic E-state index is 11.9. The van der Waals surface area contributed by atoms with Crippen LogP contribution in [0.15, 0.2) is 60.7 Å². The smallest absolute Gasteiger partial charge is 0.343 e. The molecule has 0 heterocycles. The number of hydrogen-bond donors (Lipinski definition) is 0. The predicted octanol–water partition coefficient (Wildman–Crippen LogP) is 3.83. The number of carbonyl (C=O) groups excluding carboxylic acids is 1. The van der Waals surface area contributed by atoms with Gasteiger partial charge in [-0.15, -0.1) is 0 Å². The Kier molecular flexibility index (Phi) is 4.31. The van der Waals surface area contributed by atoms with Crippen LogP contribution >= 0.6 is 0 Å². The first-order valence-corrected chi connectivity index (χ1v) is 6.18. The lowest BCUT2D eigenvalue weighted by Crippen LogP contribution is -2.07. The average Bonchev–Trinajstić information content (AvgIpc) is 2.51. The summed E-state index contributed by atoms with van der Waals surface area (Å²) in [5.74, 6) is 0.0564. The summed E-state index contributed by atoms with van der Waals surface area (Å²) in [7, 11) is 0. The van der Waals surface area contributed by atoms with Crippen molar-refractivity contribution in [2.75, 3.05) is 0 Å². The Hall–Kier alpha value is -2.86. The first kappa shape index (κ1) is 13.6. The largest absolute Gasteiger partial charge is 0.423 e. The van der Waals surface area contributed by atoms with Crippen molar-refractivity contribution in [3.63, 3.8) is 0 Å². The summed E-state index contributed by atoms with van der Waals surface area (Å²) in [4.78, 5) is 11.9. The van der Waals surface area contributed by atoms with Crippen LogP contribution in [0.2, 0.25) is 0 Å². The Morgan fingerprint density at radius 2 is 1.70 bits per heavy atom. The van der Waals surface area contributed by atoms with Crippen LogP contribution in [-0.4, -0.2) is 5.97 Å². The van der Waals surface area contributed by atoms with Gasteiger partial charge in [-0.1, -0.05) is 24.3 Å². The molecule has 0 spiro atoms. The van der Waals surface area contributed by atoms with Crippen molar-refractivity contribution in [1.29, 1.82) is 5.26 Å². The lowest BCUT2D eigenvalue weighted by atomic mass is 10.1. The lowest BCUT2D eigenvalue weighted by Gasteiger charge is -2.05. The molecule has 3 nitrogen and oxygen atoms in total. The van der Waals surface area contributed by atoms with E-state index in [1.807, 2.05) is 13.0 Å². The Labute approximate surface area is 117 Å². The molecule has 0 fully saturated rings. The standard InChI is InChI=1S/C17H13NO2/c1-2-13(12-18)14-8-10-16(11-9-14)20-17(19)15-6-4-3-5-7-15/h2-11H,1H3/b13-2+. The van der Waals surface area contributed by atoms with Crippen molar-refractivity contribution in [3.8, 4) is 11.8 Å². The van der Waals surface area contributed by atoms with Gasteiger partial charge >= 0.3 is 5.97 Å². The van der Waals surface area contributed by atoms with Gasteiger partial charge < -0.3 is 4.74 Å². The highest BCUT2D eigenvalue weighted by molar-refractivity contribution is 5.91. The SMILES string of the molecule is C/C=C(\C#N)c1ccc(OC(=O)c2ccccc2)cc1. The summed E-state index contributed by atoms with van der Waals surface area (Å²) in [5, 5.41) is 8.94. The van der Waals surface area contributed by atoms with E-state index in [1.165, 1.54) is 0 Å². The summed E-state index contributed by atoms with van der Waals surface area (Å²) in [6.45, 7) is 1.81. The van der Waals surface area contributed by atoms with E-state index in [9.17, 15) is 4.79 Å². The van der Waals surface area contributed by atoms with E-state index >= 15 is 0 Å². The van der Waals surface area contributed by atoms with Crippen molar-refractivity contribution in [2.24, 2.45) is 0 Å². The number of nitriles is 1. The summed E-state index contributed by atoms with van der Waals surface area (Å²) < 4.78 is 5.26. The van der Waals surface area contributed by atoms with E-state index in [0.717, 1.165) is 5.56 Å². The highest BCUT2D eigenvalue weighted by Gasteiger charge is 2.08. The third-order valence-electron chi connectivity index (χ3n) is 2.79. The topological polar surface area (TPSA) is 50.1 Å². The van der Waals surface area contributed by atoms with Crippen LogP contribution in [0.3, 0.4) is 0 Å². The molecule has 0 unspecified atom stereocenters. The van der Waals surface area contributed by atoms with Crippen molar-refractivity contribution in [1.82, 2.24) is 0 Å². The van der Waals surface area contributed by atoms with Gasteiger partial charge in [0.25, 0.3) is 0 Å². The maximum Gasteiger partial charge on any atom is 0.343 e. The Morgan fingerprint density at radius 3 is 2.25 bits per heavy atom. The monoisotopic (exact) mass is 263 g/mol. The molecule has 98 valence electrons. The first-order chi connectivity index (χ1) is 9.74. The first-order valence-electron chi connectivity index (χ1n) is 6.18. The average molecular weight is 263 g/mol. The van der Waals surface area contributed by atoms with Crippen molar-refractivity contribution < 1.29 is 9.53 Å². The summed E-state index contributed by atoms with van der Waals surface area (Å²) in [6, 6.07) is 17.8. The van der Waals surface area contributed by atoms with Gasteiger partial charge in [-0.3, -0.25) is 0 Å². The molecule has 0 saturated heterocycles. The predicted molar refractivity (Wildman–Crippen MR) is 77.1 cm³/mol. The van der Waals surface area contributed by atoms with E-state index in [2.05, 4.69) is 6.07 Å². The van der Waals surface area contributed by atoms with Crippen LogP contribution in [0, 0.1) is 11.3 Å². The zero-order valence-electron chi connectivity index (χ0n) is 11.0. The molecule has 3 heteroatoms. The van der Waals surface area contributed by atoms with E-state index < -0.39 is 5.97 Å². The number of allylic oxidation sites excluding steroid dienone is 2.